The summed E-state index contributed by atoms with van der Waals surface area (Å²) in [6, 6.07) is 0.0891. The summed E-state index contributed by atoms with van der Waals surface area (Å²) in [5.41, 5.74) is 6.88. The van der Waals surface area contributed by atoms with Gasteiger partial charge in [0.15, 0.2) is 0 Å². The zero-order chi connectivity index (χ0) is 8.27. The monoisotopic (exact) mass is 154 g/mol. The SMILES string of the molecule is CCCC(N)c1cnoc1C. The Hall–Kier alpha value is -0.830. The van der Waals surface area contributed by atoms with Crippen LogP contribution in [-0.4, -0.2) is 5.16 Å². The highest BCUT2D eigenvalue weighted by Crippen LogP contribution is 2.18. The Balaban J connectivity index is 2.67. The Labute approximate surface area is 66.6 Å². The number of aryl methyl sites for hydroxylation is 1. The summed E-state index contributed by atoms with van der Waals surface area (Å²) in [4.78, 5) is 0. The maximum absolute atomic E-state index is 5.85. The van der Waals surface area contributed by atoms with Crippen LogP contribution < -0.4 is 5.73 Å². The fourth-order valence-corrected chi connectivity index (χ4v) is 1.13. The summed E-state index contributed by atoms with van der Waals surface area (Å²) >= 11 is 0. The van der Waals surface area contributed by atoms with E-state index in [1.54, 1.807) is 6.20 Å². The van der Waals surface area contributed by atoms with Crippen LogP contribution in [0.15, 0.2) is 10.7 Å². The molecule has 3 heteroatoms. The zero-order valence-electron chi connectivity index (χ0n) is 7.00. The Morgan fingerprint density at radius 3 is 2.91 bits per heavy atom. The third kappa shape index (κ3) is 1.80. The molecule has 0 amide bonds. The van der Waals surface area contributed by atoms with Gasteiger partial charge < -0.3 is 10.3 Å². The summed E-state index contributed by atoms with van der Waals surface area (Å²) in [6.45, 7) is 4.00. The molecular formula is C8H14N2O. The predicted molar refractivity (Wildman–Crippen MR) is 43.1 cm³/mol. The van der Waals surface area contributed by atoms with E-state index in [-0.39, 0.29) is 6.04 Å². The molecule has 62 valence electrons. The number of nitrogens with two attached hydrogens (primary N) is 1. The Kier molecular flexibility index (Phi) is 2.65. The third-order valence-electron chi connectivity index (χ3n) is 1.79. The number of hydrogen-bond donors (Lipinski definition) is 1. The van der Waals surface area contributed by atoms with Crippen LogP contribution in [0, 0.1) is 6.92 Å². The zero-order valence-corrected chi connectivity index (χ0v) is 7.00. The quantitative estimate of drug-likeness (QED) is 0.722. The van der Waals surface area contributed by atoms with E-state index in [2.05, 4.69) is 12.1 Å². The van der Waals surface area contributed by atoms with Crippen molar-refractivity contribution in [3.63, 3.8) is 0 Å². The fourth-order valence-electron chi connectivity index (χ4n) is 1.13. The first kappa shape index (κ1) is 8.27. The van der Waals surface area contributed by atoms with E-state index < -0.39 is 0 Å². The lowest BCUT2D eigenvalue weighted by Crippen LogP contribution is -2.09. The molecule has 1 rings (SSSR count). The molecule has 0 saturated carbocycles. The van der Waals surface area contributed by atoms with Gasteiger partial charge in [-0.1, -0.05) is 18.5 Å². The average molecular weight is 154 g/mol. The first-order valence-corrected chi connectivity index (χ1v) is 3.92. The minimum Gasteiger partial charge on any atom is -0.361 e. The van der Waals surface area contributed by atoms with E-state index in [4.69, 9.17) is 10.3 Å². The molecule has 3 nitrogen and oxygen atoms in total. The van der Waals surface area contributed by atoms with Crippen LogP contribution in [0.3, 0.4) is 0 Å². The smallest absolute Gasteiger partial charge is 0.138 e. The summed E-state index contributed by atoms with van der Waals surface area (Å²) in [5, 5.41) is 3.67. The van der Waals surface area contributed by atoms with Crippen LogP contribution in [-0.2, 0) is 0 Å². The lowest BCUT2D eigenvalue weighted by atomic mass is 10.1. The maximum atomic E-state index is 5.85. The van der Waals surface area contributed by atoms with Crippen molar-refractivity contribution in [1.29, 1.82) is 0 Å². The maximum Gasteiger partial charge on any atom is 0.138 e. The standard InChI is InChI=1S/C8H14N2O/c1-3-4-8(9)7-5-10-11-6(7)2/h5,8H,3-4,9H2,1-2H3. The van der Waals surface area contributed by atoms with Gasteiger partial charge in [0.05, 0.1) is 6.20 Å². The minimum absolute atomic E-state index is 0.0891. The van der Waals surface area contributed by atoms with Crippen molar-refractivity contribution in [2.75, 3.05) is 0 Å². The lowest BCUT2D eigenvalue weighted by molar-refractivity contribution is 0.394. The Morgan fingerprint density at radius 1 is 1.73 bits per heavy atom. The summed E-state index contributed by atoms with van der Waals surface area (Å²) < 4.78 is 4.90. The molecule has 0 aliphatic heterocycles. The Bertz CT molecular complexity index is 220. The molecule has 0 aliphatic rings. The summed E-state index contributed by atoms with van der Waals surface area (Å²) in [6.07, 6.45) is 3.78. The van der Waals surface area contributed by atoms with Crippen LogP contribution in [0.4, 0.5) is 0 Å². The first-order valence-electron chi connectivity index (χ1n) is 3.92. The lowest BCUT2D eigenvalue weighted by Gasteiger charge is -2.06. The second kappa shape index (κ2) is 3.53. The van der Waals surface area contributed by atoms with Gasteiger partial charge in [0, 0.05) is 11.6 Å². The van der Waals surface area contributed by atoms with Crippen molar-refractivity contribution in [3.8, 4) is 0 Å². The van der Waals surface area contributed by atoms with Gasteiger partial charge in [-0.2, -0.15) is 0 Å². The number of nitrogens with zero attached hydrogens (tertiary/aromatic N) is 1. The molecule has 0 fully saturated rings. The summed E-state index contributed by atoms with van der Waals surface area (Å²) in [5.74, 6) is 0.839. The van der Waals surface area contributed by atoms with E-state index in [0.717, 1.165) is 24.2 Å². The molecule has 1 unspecified atom stereocenters. The minimum atomic E-state index is 0.0891. The van der Waals surface area contributed by atoms with E-state index in [1.807, 2.05) is 6.92 Å². The van der Waals surface area contributed by atoms with Crippen LogP contribution in [0.25, 0.3) is 0 Å². The topological polar surface area (TPSA) is 52.0 Å². The molecular weight excluding hydrogens is 140 g/mol. The van der Waals surface area contributed by atoms with Gasteiger partial charge in [-0.05, 0) is 13.3 Å². The largest absolute Gasteiger partial charge is 0.361 e. The van der Waals surface area contributed by atoms with Crippen LogP contribution in [0.2, 0.25) is 0 Å². The molecule has 0 aliphatic carbocycles. The first-order chi connectivity index (χ1) is 5.25. The van der Waals surface area contributed by atoms with Gasteiger partial charge in [-0.15, -0.1) is 0 Å². The molecule has 1 aromatic heterocycles. The van der Waals surface area contributed by atoms with Gasteiger partial charge in [0.25, 0.3) is 0 Å². The second-order valence-electron chi connectivity index (χ2n) is 2.73. The van der Waals surface area contributed by atoms with E-state index in [9.17, 15) is 0 Å². The van der Waals surface area contributed by atoms with Gasteiger partial charge in [0.2, 0.25) is 0 Å². The molecule has 1 heterocycles. The molecule has 1 atom stereocenters. The van der Waals surface area contributed by atoms with Gasteiger partial charge in [0.1, 0.15) is 5.76 Å². The van der Waals surface area contributed by atoms with Crippen LogP contribution in [0.5, 0.6) is 0 Å². The third-order valence-corrected chi connectivity index (χ3v) is 1.79. The Morgan fingerprint density at radius 2 is 2.45 bits per heavy atom. The molecule has 0 bridgehead atoms. The van der Waals surface area contributed by atoms with Crippen molar-refractivity contribution >= 4 is 0 Å². The molecule has 0 aromatic carbocycles. The molecule has 0 radical (unpaired) electrons. The van der Waals surface area contributed by atoms with Gasteiger partial charge in [-0.25, -0.2) is 0 Å². The van der Waals surface area contributed by atoms with E-state index >= 15 is 0 Å². The summed E-state index contributed by atoms with van der Waals surface area (Å²) in [7, 11) is 0. The number of hydrogen-bond acceptors (Lipinski definition) is 3. The average Bonchev–Trinajstić information content (AvgIpc) is 2.36. The normalized spacial score (nSPS) is 13.4. The highest BCUT2D eigenvalue weighted by molar-refractivity contribution is 5.15. The van der Waals surface area contributed by atoms with Gasteiger partial charge >= 0.3 is 0 Å². The number of rotatable bonds is 3. The van der Waals surface area contributed by atoms with Crippen molar-refractivity contribution in [1.82, 2.24) is 5.16 Å². The molecule has 1 aromatic rings. The molecule has 0 spiro atoms. The van der Waals surface area contributed by atoms with Crippen molar-refractivity contribution in [2.24, 2.45) is 5.73 Å². The predicted octanol–water partition coefficient (Wildman–Crippen LogP) is 1.78. The van der Waals surface area contributed by atoms with Crippen LogP contribution in [0.1, 0.15) is 37.1 Å². The highest BCUT2D eigenvalue weighted by Gasteiger charge is 2.10. The van der Waals surface area contributed by atoms with Crippen molar-refractivity contribution < 1.29 is 4.52 Å². The van der Waals surface area contributed by atoms with Crippen LogP contribution >= 0.6 is 0 Å². The number of aromatic nitrogens is 1. The molecule has 2 N–H and O–H groups in total. The fraction of sp³-hybridized carbons (Fsp3) is 0.625. The van der Waals surface area contributed by atoms with E-state index in [0.29, 0.717) is 0 Å². The van der Waals surface area contributed by atoms with Crippen molar-refractivity contribution in [3.05, 3.63) is 17.5 Å². The van der Waals surface area contributed by atoms with Gasteiger partial charge in [-0.3, -0.25) is 0 Å². The van der Waals surface area contributed by atoms with E-state index in [1.165, 1.54) is 0 Å². The molecule has 0 saturated heterocycles. The highest BCUT2D eigenvalue weighted by atomic mass is 16.5. The second-order valence-corrected chi connectivity index (χ2v) is 2.73. The van der Waals surface area contributed by atoms with Crippen molar-refractivity contribution in [2.45, 2.75) is 32.7 Å². The molecule has 11 heavy (non-hydrogen) atoms.